The van der Waals surface area contributed by atoms with Gasteiger partial charge in [-0.1, -0.05) is 0 Å². The van der Waals surface area contributed by atoms with Crippen LogP contribution in [-0.4, -0.2) is 23.1 Å². The van der Waals surface area contributed by atoms with Gasteiger partial charge in [0, 0.05) is 5.56 Å². The van der Waals surface area contributed by atoms with Gasteiger partial charge in [-0.05, 0) is 58.9 Å². The highest BCUT2D eigenvalue weighted by atomic mass is 16.2. The lowest BCUT2D eigenvalue weighted by Gasteiger charge is -2.22. The number of hydrazine groups is 1. The number of carbonyl (C=O) groups is 2. The maximum atomic E-state index is 11.9. The van der Waals surface area contributed by atoms with E-state index in [1.165, 1.54) is 24.3 Å². The number of azo groups is 1. The molecule has 0 radical (unpaired) electrons. The third-order valence-electron chi connectivity index (χ3n) is 2.59. The summed E-state index contributed by atoms with van der Waals surface area (Å²) in [5.74, 6) is -0.497. The standard InChI is InChI=1S/C16H22N6O2/c1-15(2,3)21-22-16(4,5)18-14(24)20-19-13(23)12-8-6-11(10-17)7-9-12/h6-9H,1-5H3,(H,19,23)(H2,18,20,24). The van der Waals surface area contributed by atoms with Crippen LogP contribution in [0, 0.1) is 11.3 Å². The Balaban J connectivity index is 2.54. The first-order valence-electron chi connectivity index (χ1n) is 7.35. The van der Waals surface area contributed by atoms with Gasteiger partial charge in [-0.15, -0.1) is 0 Å². The Morgan fingerprint density at radius 3 is 2.08 bits per heavy atom. The lowest BCUT2D eigenvalue weighted by Crippen LogP contribution is -2.52. The minimum Gasteiger partial charge on any atom is -0.311 e. The minimum absolute atomic E-state index is 0.320. The molecule has 0 aromatic heterocycles. The molecule has 0 atom stereocenters. The quantitative estimate of drug-likeness (QED) is 0.583. The summed E-state index contributed by atoms with van der Waals surface area (Å²) in [6, 6.07) is 7.37. The van der Waals surface area contributed by atoms with E-state index in [0.29, 0.717) is 11.1 Å². The van der Waals surface area contributed by atoms with Gasteiger partial charge in [0.25, 0.3) is 5.91 Å². The number of nitrogens with zero attached hydrogens (tertiary/aromatic N) is 3. The molecule has 24 heavy (non-hydrogen) atoms. The Hall–Kier alpha value is -2.95. The second kappa shape index (κ2) is 7.55. The number of nitriles is 1. The minimum atomic E-state index is -0.920. The van der Waals surface area contributed by atoms with Crippen LogP contribution in [-0.2, 0) is 0 Å². The molecule has 128 valence electrons. The smallest absolute Gasteiger partial charge is 0.311 e. The Labute approximate surface area is 141 Å². The lowest BCUT2D eigenvalue weighted by molar-refractivity contribution is 0.0935. The Kier molecular flexibility index (Phi) is 6.01. The van der Waals surface area contributed by atoms with E-state index in [0.717, 1.165) is 0 Å². The van der Waals surface area contributed by atoms with Crippen molar-refractivity contribution in [1.82, 2.24) is 16.2 Å². The van der Waals surface area contributed by atoms with Crippen molar-refractivity contribution in [2.75, 3.05) is 0 Å². The van der Waals surface area contributed by atoms with Crippen LogP contribution in [0.25, 0.3) is 0 Å². The van der Waals surface area contributed by atoms with Crippen molar-refractivity contribution < 1.29 is 9.59 Å². The second-order valence-electron chi connectivity index (χ2n) is 6.65. The predicted molar refractivity (Wildman–Crippen MR) is 89.0 cm³/mol. The second-order valence-corrected chi connectivity index (χ2v) is 6.65. The summed E-state index contributed by atoms with van der Waals surface area (Å²) in [6.07, 6.45) is 0. The topological polar surface area (TPSA) is 119 Å². The van der Waals surface area contributed by atoms with Gasteiger partial charge in [0.15, 0.2) is 0 Å². The number of nitrogens with one attached hydrogen (secondary N) is 3. The summed E-state index contributed by atoms with van der Waals surface area (Å²) >= 11 is 0. The van der Waals surface area contributed by atoms with Crippen LogP contribution in [0.2, 0.25) is 0 Å². The molecule has 0 aliphatic rings. The predicted octanol–water partition coefficient (Wildman–Crippen LogP) is 2.49. The maximum absolute atomic E-state index is 11.9. The van der Waals surface area contributed by atoms with Crippen molar-refractivity contribution in [3.63, 3.8) is 0 Å². The van der Waals surface area contributed by atoms with Crippen LogP contribution < -0.4 is 16.2 Å². The third kappa shape index (κ3) is 6.87. The van der Waals surface area contributed by atoms with E-state index >= 15 is 0 Å². The summed E-state index contributed by atoms with van der Waals surface area (Å²) in [5.41, 5.74) is 4.02. The van der Waals surface area contributed by atoms with Crippen molar-refractivity contribution in [3.05, 3.63) is 35.4 Å². The highest BCUT2D eigenvalue weighted by Crippen LogP contribution is 2.12. The van der Waals surface area contributed by atoms with Crippen LogP contribution in [0.1, 0.15) is 50.5 Å². The number of carbonyl (C=O) groups excluding carboxylic acids is 2. The van der Waals surface area contributed by atoms with Gasteiger partial charge in [0.1, 0.15) is 5.66 Å². The largest absolute Gasteiger partial charge is 0.335 e. The van der Waals surface area contributed by atoms with E-state index in [2.05, 4.69) is 26.4 Å². The van der Waals surface area contributed by atoms with Crippen molar-refractivity contribution in [2.45, 2.75) is 45.8 Å². The number of amides is 3. The number of hydrogen-bond acceptors (Lipinski definition) is 5. The normalized spacial score (nSPS) is 11.7. The molecular formula is C16H22N6O2. The summed E-state index contributed by atoms with van der Waals surface area (Å²) in [4.78, 5) is 23.7. The maximum Gasteiger partial charge on any atom is 0.335 e. The van der Waals surface area contributed by atoms with Crippen molar-refractivity contribution in [1.29, 1.82) is 5.26 Å². The van der Waals surface area contributed by atoms with Crippen LogP contribution >= 0.6 is 0 Å². The molecule has 0 saturated carbocycles. The third-order valence-corrected chi connectivity index (χ3v) is 2.59. The van der Waals surface area contributed by atoms with E-state index in [1.807, 2.05) is 26.8 Å². The molecule has 3 N–H and O–H groups in total. The average Bonchev–Trinajstić information content (AvgIpc) is 2.50. The van der Waals surface area contributed by atoms with E-state index in [4.69, 9.17) is 5.26 Å². The van der Waals surface area contributed by atoms with E-state index in [1.54, 1.807) is 13.8 Å². The van der Waals surface area contributed by atoms with Crippen LogP contribution in [0.15, 0.2) is 34.5 Å². The number of urea groups is 1. The molecule has 0 saturated heterocycles. The highest BCUT2D eigenvalue weighted by Gasteiger charge is 2.21. The Morgan fingerprint density at radius 1 is 1.00 bits per heavy atom. The molecule has 0 aliphatic carbocycles. The van der Waals surface area contributed by atoms with Gasteiger partial charge in [0.05, 0.1) is 17.2 Å². The monoisotopic (exact) mass is 330 g/mol. The van der Waals surface area contributed by atoms with Gasteiger partial charge in [-0.25, -0.2) is 10.2 Å². The van der Waals surface area contributed by atoms with Gasteiger partial charge in [-0.2, -0.15) is 15.5 Å². The molecule has 0 unspecified atom stereocenters. The number of rotatable bonds is 3. The van der Waals surface area contributed by atoms with Gasteiger partial charge < -0.3 is 5.32 Å². The first kappa shape index (κ1) is 19.1. The first-order chi connectivity index (χ1) is 11.0. The fourth-order valence-corrected chi connectivity index (χ4v) is 1.49. The van der Waals surface area contributed by atoms with E-state index in [9.17, 15) is 9.59 Å². The van der Waals surface area contributed by atoms with E-state index < -0.39 is 17.6 Å². The molecule has 0 spiro atoms. The van der Waals surface area contributed by atoms with Gasteiger partial charge in [-0.3, -0.25) is 10.2 Å². The van der Waals surface area contributed by atoms with Crippen molar-refractivity contribution >= 4 is 11.9 Å². The molecule has 0 fully saturated rings. The fraction of sp³-hybridized carbons (Fsp3) is 0.438. The average molecular weight is 330 g/mol. The molecule has 0 aliphatic heterocycles. The number of hydrogen-bond donors (Lipinski definition) is 3. The SMILES string of the molecule is CC(C)(C)N=NC(C)(C)NC(=O)NNC(=O)c1ccc(C#N)cc1. The zero-order valence-electron chi connectivity index (χ0n) is 14.5. The summed E-state index contributed by atoms with van der Waals surface area (Å²) < 4.78 is 0. The number of benzene rings is 1. The molecular weight excluding hydrogens is 308 g/mol. The zero-order valence-corrected chi connectivity index (χ0v) is 14.5. The summed E-state index contributed by atoms with van der Waals surface area (Å²) in [5, 5.41) is 19.5. The Morgan fingerprint density at radius 2 is 1.58 bits per heavy atom. The van der Waals surface area contributed by atoms with Gasteiger partial charge >= 0.3 is 6.03 Å². The van der Waals surface area contributed by atoms with Crippen LogP contribution in [0.5, 0.6) is 0 Å². The van der Waals surface area contributed by atoms with Crippen molar-refractivity contribution in [3.8, 4) is 6.07 Å². The first-order valence-corrected chi connectivity index (χ1v) is 7.35. The van der Waals surface area contributed by atoms with Crippen LogP contribution in [0.3, 0.4) is 0 Å². The highest BCUT2D eigenvalue weighted by molar-refractivity contribution is 5.95. The summed E-state index contributed by atoms with van der Waals surface area (Å²) in [7, 11) is 0. The van der Waals surface area contributed by atoms with Gasteiger partial charge in [0.2, 0.25) is 0 Å². The fourth-order valence-electron chi connectivity index (χ4n) is 1.49. The van der Waals surface area contributed by atoms with Crippen molar-refractivity contribution in [2.24, 2.45) is 10.2 Å². The molecule has 3 amide bonds. The molecule has 1 rings (SSSR count). The lowest BCUT2D eigenvalue weighted by atomic mass is 10.1. The van der Waals surface area contributed by atoms with Crippen LogP contribution in [0.4, 0.5) is 4.79 Å². The molecule has 8 heteroatoms. The molecule has 0 heterocycles. The molecule has 1 aromatic rings. The van der Waals surface area contributed by atoms with E-state index in [-0.39, 0.29) is 5.54 Å². The molecule has 8 nitrogen and oxygen atoms in total. The Bertz CT molecular complexity index is 665. The molecule has 1 aromatic carbocycles. The zero-order chi connectivity index (χ0) is 18.4. The summed E-state index contributed by atoms with van der Waals surface area (Å²) in [6.45, 7) is 9.05. The molecule has 0 bridgehead atoms.